The number of ether oxygens (including phenoxy) is 1. The number of rotatable bonds is 4. The van der Waals surface area contributed by atoms with Gasteiger partial charge in [-0.25, -0.2) is 4.79 Å². The van der Waals surface area contributed by atoms with E-state index in [0.717, 1.165) is 5.56 Å². The Hall–Kier alpha value is -2.57. The first-order valence-electron chi connectivity index (χ1n) is 9.37. The van der Waals surface area contributed by atoms with Crippen molar-refractivity contribution >= 4 is 23.6 Å². The molecule has 0 aromatic heterocycles. The molecule has 0 spiro atoms. The Morgan fingerprint density at radius 1 is 1.11 bits per heavy atom. The summed E-state index contributed by atoms with van der Waals surface area (Å²) in [5.41, 5.74) is 2.07. The number of hydrogen-bond acceptors (Lipinski definition) is 4. The van der Waals surface area contributed by atoms with Crippen LogP contribution in [-0.4, -0.2) is 60.5 Å². The van der Waals surface area contributed by atoms with Crippen molar-refractivity contribution in [1.29, 1.82) is 0 Å². The highest BCUT2D eigenvalue weighted by molar-refractivity contribution is 5.97. The summed E-state index contributed by atoms with van der Waals surface area (Å²) in [7, 11) is 0. The average molecular weight is 375 g/mol. The van der Waals surface area contributed by atoms with Crippen molar-refractivity contribution in [2.24, 2.45) is 5.92 Å². The normalized spacial score (nSPS) is 14.7. The molecule has 27 heavy (non-hydrogen) atoms. The van der Waals surface area contributed by atoms with E-state index in [9.17, 15) is 14.4 Å². The van der Waals surface area contributed by atoms with Gasteiger partial charge in [-0.05, 0) is 37.0 Å². The lowest BCUT2D eigenvalue weighted by molar-refractivity contribution is -0.114. The largest absolute Gasteiger partial charge is 0.449 e. The number of carbonyl (C=O) groups is 3. The summed E-state index contributed by atoms with van der Waals surface area (Å²) in [6.45, 7) is 9.77. The molecule has 1 aromatic carbocycles. The van der Waals surface area contributed by atoms with E-state index in [1.807, 2.05) is 26.8 Å². The first kappa shape index (κ1) is 20.7. The van der Waals surface area contributed by atoms with E-state index in [2.05, 4.69) is 5.32 Å². The van der Waals surface area contributed by atoms with Crippen molar-refractivity contribution in [3.05, 3.63) is 29.3 Å². The van der Waals surface area contributed by atoms with Gasteiger partial charge in [0.05, 0.1) is 6.61 Å². The first-order valence-corrected chi connectivity index (χ1v) is 9.37. The molecular weight excluding hydrogens is 346 g/mol. The molecule has 1 aromatic rings. The van der Waals surface area contributed by atoms with Crippen LogP contribution in [0, 0.1) is 12.8 Å². The second-order valence-electron chi connectivity index (χ2n) is 7.31. The van der Waals surface area contributed by atoms with E-state index in [-0.39, 0.29) is 17.9 Å². The number of nitrogens with one attached hydrogen (secondary N) is 1. The van der Waals surface area contributed by atoms with Gasteiger partial charge in [-0.15, -0.1) is 0 Å². The summed E-state index contributed by atoms with van der Waals surface area (Å²) in [6.07, 6.45) is 0.383. The monoisotopic (exact) mass is 375 g/mol. The molecule has 1 heterocycles. The minimum Gasteiger partial charge on any atom is -0.449 e. The summed E-state index contributed by atoms with van der Waals surface area (Å²) in [6, 6.07) is 5.30. The van der Waals surface area contributed by atoms with Crippen molar-refractivity contribution in [1.82, 2.24) is 9.80 Å². The molecular formula is C20H29N3O4. The zero-order valence-electron chi connectivity index (χ0n) is 16.6. The molecule has 7 nitrogen and oxygen atoms in total. The molecule has 1 aliphatic rings. The van der Waals surface area contributed by atoms with Crippen LogP contribution < -0.4 is 5.32 Å². The van der Waals surface area contributed by atoms with Gasteiger partial charge in [0.2, 0.25) is 5.91 Å². The number of benzene rings is 1. The molecule has 0 bridgehead atoms. The van der Waals surface area contributed by atoms with Gasteiger partial charge in [-0.3, -0.25) is 9.59 Å². The van der Waals surface area contributed by atoms with E-state index in [0.29, 0.717) is 56.4 Å². The highest BCUT2D eigenvalue weighted by Crippen LogP contribution is 2.19. The quantitative estimate of drug-likeness (QED) is 0.878. The van der Waals surface area contributed by atoms with Gasteiger partial charge >= 0.3 is 6.09 Å². The zero-order valence-corrected chi connectivity index (χ0v) is 16.6. The number of anilines is 1. The Morgan fingerprint density at radius 2 is 1.78 bits per heavy atom. The Kier molecular flexibility index (Phi) is 7.21. The fraction of sp³-hybridized carbons (Fsp3) is 0.550. The van der Waals surface area contributed by atoms with E-state index < -0.39 is 0 Å². The van der Waals surface area contributed by atoms with Gasteiger partial charge in [-0.2, -0.15) is 0 Å². The fourth-order valence-electron chi connectivity index (χ4n) is 2.89. The zero-order chi connectivity index (χ0) is 20.0. The van der Waals surface area contributed by atoms with Crippen molar-refractivity contribution in [2.75, 3.05) is 38.1 Å². The summed E-state index contributed by atoms with van der Waals surface area (Å²) in [5, 5.41) is 2.75. The van der Waals surface area contributed by atoms with Gasteiger partial charge in [-0.1, -0.05) is 19.9 Å². The lowest BCUT2D eigenvalue weighted by Gasteiger charge is -2.22. The van der Waals surface area contributed by atoms with E-state index in [4.69, 9.17) is 4.74 Å². The van der Waals surface area contributed by atoms with E-state index >= 15 is 0 Å². The fourth-order valence-corrected chi connectivity index (χ4v) is 2.89. The number of nitrogens with zero attached hydrogens (tertiary/aromatic N) is 2. The predicted molar refractivity (Wildman–Crippen MR) is 104 cm³/mol. The highest BCUT2D eigenvalue weighted by atomic mass is 16.6. The van der Waals surface area contributed by atoms with Crippen molar-refractivity contribution in [3.8, 4) is 0 Å². The van der Waals surface area contributed by atoms with Crippen molar-refractivity contribution < 1.29 is 19.1 Å². The van der Waals surface area contributed by atoms with E-state index in [1.54, 1.807) is 21.9 Å². The van der Waals surface area contributed by atoms with Crippen LogP contribution in [0.5, 0.6) is 0 Å². The third-order valence-electron chi connectivity index (χ3n) is 4.38. The molecule has 0 saturated carbocycles. The number of carbonyl (C=O) groups excluding carboxylic acids is 3. The second-order valence-corrected chi connectivity index (χ2v) is 7.31. The molecule has 3 amide bonds. The smallest absolute Gasteiger partial charge is 0.409 e. The minimum atomic E-state index is -0.318. The molecule has 0 radical (unpaired) electrons. The Bertz CT molecular complexity index is 702. The molecule has 1 saturated heterocycles. The summed E-state index contributed by atoms with van der Waals surface area (Å²) >= 11 is 0. The lowest BCUT2D eigenvalue weighted by atomic mass is 10.1. The predicted octanol–water partition coefficient (Wildman–Crippen LogP) is 2.89. The maximum absolute atomic E-state index is 12.9. The van der Waals surface area contributed by atoms with Gasteiger partial charge < -0.3 is 19.9 Å². The van der Waals surface area contributed by atoms with Crippen LogP contribution in [0.3, 0.4) is 0 Å². The molecule has 0 unspecified atom stereocenters. The minimum absolute atomic E-state index is 0.0981. The molecule has 148 valence electrons. The third-order valence-corrected chi connectivity index (χ3v) is 4.38. The number of amides is 3. The van der Waals surface area contributed by atoms with Gasteiger partial charge in [0.1, 0.15) is 0 Å². The van der Waals surface area contributed by atoms with Crippen LogP contribution >= 0.6 is 0 Å². The van der Waals surface area contributed by atoms with Crippen LogP contribution in [0.15, 0.2) is 18.2 Å². The van der Waals surface area contributed by atoms with Crippen LogP contribution in [0.25, 0.3) is 0 Å². The van der Waals surface area contributed by atoms with Gasteiger partial charge in [0.25, 0.3) is 5.91 Å². The first-order chi connectivity index (χ1) is 12.8. The Labute approximate surface area is 160 Å². The molecule has 0 atom stereocenters. The maximum Gasteiger partial charge on any atom is 0.409 e. The van der Waals surface area contributed by atoms with Crippen LogP contribution in [0.1, 0.15) is 43.1 Å². The lowest BCUT2D eigenvalue weighted by Crippen LogP contribution is -2.38. The molecule has 7 heteroatoms. The van der Waals surface area contributed by atoms with Crippen LogP contribution in [0.4, 0.5) is 10.5 Å². The number of aryl methyl sites for hydroxylation is 1. The second kappa shape index (κ2) is 9.39. The topological polar surface area (TPSA) is 79.0 Å². The Morgan fingerprint density at radius 3 is 2.44 bits per heavy atom. The van der Waals surface area contributed by atoms with Crippen LogP contribution in [0.2, 0.25) is 0 Å². The van der Waals surface area contributed by atoms with Gasteiger partial charge in [0.15, 0.2) is 0 Å². The molecule has 0 aliphatic carbocycles. The highest BCUT2D eigenvalue weighted by Gasteiger charge is 2.24. The van der Waals surface area contributed by atoms with Crippen LogP contribution in [-0.2, 0) is 9.53 Å². The number of hydrogen-bond donors (Lipinski definition) is 1. The summed E-state index contributed by atoms with van der Waals surface area (Å²) in [5.74, 6) is 0.0189. The SMILES string of the molecule is CC(=O)Nc1cc(C(=O)N2CCCN(C(=O)OCC(C)C)CC2)ccc1C. The van der Waals surface area contributed by atoms with Gasteiger partial charge in [0, 0.05) is 44.4 Å². The molecule has 1 aliphatic heterocycles. The molecule has 1 fully saturated rings. The maximum atomic E-state index is 12.9. The third kappa shape index (κ3) is 5.98. The summed E-state index contributed by atoms with van der Waals surface area (Å²) < 4.78 is 5.29. The molecule has 2 rings (SSSR count). The average Bonchev–Trinajstić information content (AvgIpc) is 2.86. The standard InChI is InChI=1S/C20H29N3O4/c1-14(2)13-27-20(26)23-9-5-8-22(10-11-23)19(25)17-7-6-15(3)18(12-17)21-16(4)24/h6-7,12,14H,5,8-11,13H2,1-4H3,(H,21,24). The molecule has 1 N–H and O–H groups in total. The van der Waals surface area contributed by atoms with Crippen molar-refractivity contribution in [3.63, 3.8) is 0 Å². The Balaban J connectivity index is 2.01. The summed E-state index contributed by atoms with van der Waals surface area (Å²) in [4.78, 5) is 39.8. The van der Waals surface area contributed by atoms with E-state index in [1.165, 1.54) is 6.92 Å². The van der Waals surface area contributed by atoms with Crippen molar-refractivity contribution in [2.45, 2.75) is 34.1 Å².